The molecule has 0 radical (unpaired) electrons. The predicted octanol–water partition coefficient (Wildman–Crippen LogP) is 0.449. The Hall–Kier alpha value is -3.25. The van der Waals surface area contributed by atoms with Crippen LogP contribution in [-0.4, -0.2) is 101 Å². The highest BCUT2D eigenvalue weighted by Gasteiger charge is 2.40. The summed E-state index contributed by atoms with van der Waals surface area (Å²) in [5, 5.41) is 33.9. The van der Waals surface area contributed by atoms with Crippen LogP contribution >= 0.6 is 0 Å². The topological polar surface area (TPSA) is 207 Å². The lowest BCUT2D eigenvalue weighted by Crippen LogP contribution is -2.48. The van der Waals surface area contributed by atoms with E-state index in [1.54, 1.807) is 12.1 Å². The van der Waals surface area contributed by atoms with Crippen LogP contribution in [0, 0.1) is 13.8 Å². The molecule has 0 aliphatic carbocycles. The van der Waals surface area contributed by atoms with Crippen molar-refractivity contribution < 1.29 is 38.1 Å². The highest BCUT2D eigenvalue weighted by atomic mass is 28.4. The van der Waals surface area contributed by atoms with Gasteiger partial charge < -0.3 is 43.2 Å². The van der Waals surface area contributed by atoms with Gasteiger partial charge in [-0.2, -0.15) is 4.98 Å². The Bertz CT molecular complexity index is 1450. The Morgan fingerprint density at radius 1 is 1.02 bits per heavy atom. The van der Waals surface area contributed by atoms with E-state index in [2.05, 4.69) is 20.3 Å². The number of nitrogens with zero attached hydrogens (tertiary/aromatic N) is 3. The van der Waals surface area contributed by atoms with Gasteiger partial charge in [-0.25, -0.2) is 14.6 Å². The molecule has 1 amide bonds. The van der Waals surface area contributed by atoms with Gasteiger partial charge in [0.2, 0.25) is 0 Å². The van der Waals surface area contributed by atoms with Gasteiger partial charge in [0.15, 0.2) is 17.6 Å². The van der Waals surface area contributed by atoms with Crippen molar-refractivity contribution in [2.75, 3.05) is 33.0 Å². The lowest BCUT2D eigenvalue weighted by atomic mass is 10.1. The summed E-state index contributed by atoms with van der Waals surface area (Å²) >= 11 is 0. The fraction of sp³-hybridized carbons (Fsp3) is 0.593. The number of fused-ring (bicyclic) bond motifs is 2. The van der Waals surface area contributed by atoms with Crippen LogP contribution in [0.2, 0.25) is 6.04 Å². The van der Waals surface area contributed by atoms with E-state index in [0.717, 1.165) is 11.1 Å². The van der Waals surface area contributed by atoms with E-state index >= 15 is 0 Å². The first-order chi connectivity index (χ1) is 20.5. The number of carbonyl (C=O) groups excluding carboxylic acids is 1. The van der Waals surface area contributed by atoms with Crippen LogP contribution in [0.4, 0.5) is 4.79 Å². The molecule has 0 unspecified atom stereocenters. The van der Waals surface area contributed by atoms with Crippen LogP contribution in [0.15, 0.2) is 21.7 Å². The van der Waals surface area contributed by atoms with Crippen molar-refractivity contribution in [2.24, 2.45) is 0 Å². The van der Waals surface area contributed by atoms with Gasteiger partial charge in [0.1, 0.15) is 12.2 Å². The minimum Gasteiger partial charge on any atom is -0.441 e. The Morgan fingerprint density at radius 2 is 1.65 bits per heavy atom. The van der Waals surface area contributed by atoms with Crippen LogP contribution in [0.3, 0.4) is 0 Å². The van der Waals surface area contributed by atoms with Crippen molar-refractivity contribution >= 4 is 25.9 Å². The maximum Gasteiger partial charge on any atom is 0.500 e. The summed E-state index contributed by atoms with van der Waals surface area (Å²) in [6, 6.07) is 3.96. The number of aliphatic hydroxyl groups excluding tert-OH is 3. The molecule has 0 saturated heterocycles. The number of aliphatic hydroxyl groups is 3. The molecule has 238 valence electrons. The molecule has 1 aromatic rings. The molecule has 0 saturated carbocycles. The number of aromatic nitrogens is 4. The van der Waals surface area contributed by atoms with Crippen molar-refractivity contribution in [1.29, 1.82) is 0 Å². The molecule has 1 aromatic carbocycles. The summed E-state index contributed by atoms with van der Waals surface area (Å²) in [6.45, 7) is 9.49. The number of benzene rings is 1. The number of aromatic amines is 1. The summed E-state index contributed by atoms with van der Waals surface area (Å²) in [7, 11) is -2.91. The Balaban J connectivity index is 1.81. The zero-order chi connectivity index (χ0) is 31.7. The first-order valence-electron chi connectivity index (χ1n) is 14.2. The van der Waals surface area contributed by atoms with Crippen LogP contribution in [0.25, 0.3) is 22.6 Å². The Kier molecular flexibility index (Phi) is 12.3. The maximum atomic E-state index is 12.7. The summed E-state index contributed by atoms with van der Waals surface area (Å²) in [4.78, 5) is 47.7. The van der Waals surface area contributed by atoms with Gasteiger partial charge in [-0.05, 0) is 64.3 Å². The molecule has 3 atom stereocenters. The van der Waals surface area contributed by atoms with E-state index in [1.165, 1.54) is 4.57 Å². The second kappa shape index (κ2) is 15.5. The van der Waals surface area contributed by atoms with Gasteiger partial charge in [-0.3, -0.25) is 9.78 Å². The third-order valence-electron chi connectivity index (χ3n) is 6.80. The van der Waals surface area contributed by atoms with Crippen LogP contribution < -0.4 is 16.6 Å². The molecular formula is C27H41N5O10Si. The van der Waals surface area contributed by atoms with Crippen LogP contribution in [-0.2, 0) is 24.6 Å². The SMILES string of the molecule is CCO[Si](CCCNC(=O)O[C@H]([C@H](O)CO)[C@@H](O)Cn1c2nc(=O)[nH]c(=O)c-2nc2cc(C)c(C)cc21)(OCC)OCC. The van der Waals surface area contributed by atoms with Crippen LogP contribution in [0.5, 0.6) is 0 Å². The van der Waals surface area contributed by atoms with Crippen molar-refractivity contribution in [3.8, 4) is 11.5 Å². The normalized spacial score (nSPS) is 14.1. The number of ether oxygens (including phenoxy) is 1. The first-order valence-corrected chi connectivity index (χ1v) is 16.2. The van der Waals surface area contributed by atoms with Crippen molar-refractivity contribution in [2.45, 2.75) is 71.9 Å². The number of carbonyl (C=O) groups is 1. The molecule has 43 heavy (non-hydrogen) atoms. The molecule has 15 nitrogen and oxygen atoms in total. The monoisotopic (exact) mass is 623 g/mol. The van der Waals surface area contributed by atoms with E-state index in [4.69, 9.17) is 18.0 Å². The molecule has 0 fully saturated rings. The highest BCUT2D eigenvalue weighted by Crippen LogP contribution is 2.25. The quantitative estimate of drug-likeness (QED) is 0.0837. The van der Waals surface area contributed by atoms with E-state index < -0.39 is 51.1 Å². The molecule has 2 aliphatic heterocycles. The maximum absolute atomic E-state index is 12.7. The number of amides is 1. The second-order valence-electron chi connectivity index (χ2n) is 9.89. The molecular weight excluding hydrogens is 582 g/mol. The fourth-order valence-electron chi connectivity index (χ4n) is 4.70. The Labute approximate surface area is 249 Å². The number of H-pyrrole nitrogens is 1. The second-order valence-corrected chi connectivity index (χ2v) is 12.6. The zero-order valence-corrected chi connectivity index (χ0v) is 26.1. The fourth-order valence-corrected chi connectivity index (χ4v) is 7.32. The molecule has 5 N–H and O–H groups in total. The molecule has 2 aliphatic rings. The zero-order valence-electron chi connectivity index (χ0n) is 25.1. The van der Waals surface area contributed by atoms with Gasteiger partial charge in [-0.15, -0.1) is 0 Å². The molecule has 16 heteroatoms. The molecule has 0 spiro atoms. The molecule has 0 bridgehead atoms. The third kappa shape index (κ3) is 8.44. The standard InChI is InChI=1S/C27H41N5O10Si/c1-6-39-43(40-7-2,41-8-3)11-9-10-28-27(38)42-23(21(35)15-33)20(34)14-32-19-13-17(5)16(4)12-18(19)29-22-24(32)30-26(37)31-25(22)36/h12-13,20-21,23,33-35H,6-11,14-15H2,1-5H3,(H,28,38)(H,31,36,37)/t20-,21+,23-/m0/s1. The third-order valence-corrected chi connectivity index (χ3v) is 9.96. The predicted molar refractivity (Wildman–Crippen MR) is 158 cm³/mol. The average molecular weight is 624 g/mol. The van der Waals surface area contributed by atoms with Gasteiger partial charge in [-0.1, -0.05) is 0 Å². The van der Waals surface area contributed by atoms with E-state index in [9.17, 15) is 29.7 Å². The minimum absolute atomic E-state index is 0.101. The largest absolute Gasteiger partial charge is 0.500 e. The lowest BCUT2D eigenvalue weighted by Gasteiger charge is -2.29. The van der Waals surface area contributed by atoms with Crippen molar-refractivity contribution in [1.82, 2.24) is 24.8 Å². The number of hydrogen-bond acceptors (Lipinski definition) is 12. The Morgan fingerprint density at radius 3 is 2.26 bits per heavy atom. The minimum atomic E-state index is -2.91. The number of rotatable bonds is 16. The lowest BCUT2D eigenvalue weighted by molar-refractivity contribution is -0.0852. The van der Waals surface area contributed by atoms with Gasteiger partial charge in [0.05, 0.1) is 24.2 Å². The summed E-state index contributed by atoms with van der Waals surface area (Å²) in [6.07, 6.45) is -5.33. The number of hydrogen-bond donors (Lipinski definition) is 5. The van der Waals surface area contributed by atoms with Gasteiger partial charge in [0, 0.05) is 32.4 Å². The summed E-state index contributed by atoms with van der Waals surface area (Å²) in [5.74, 6) is -0.101. The summed E-state index contributed by atoms with van der Waals surface area (Å²) < 4.78 is 24.2. The molecule has 0 aromatic heterocycles. The molecule has 3 rings (SSSR count). The van der Waals surface area contributed by atoms with E-state index in [0.29, 0.717) is 43.3 Å². The average Bonchev–Trinajstić information content (AvgIpc) is 2.95. The first kappa shape index (κ1) is 34.2. The molecule has 2 heterocycles. The van der Waals surface area contributed by atoms with Gasteiger partial charge >= 0.3 is 20.6 Å². The van der Waals surface area contributed by atoms with Crippen LogP contribution in [0.1, 0.15) is 38.3 Å². The highest BCUT2D eigenvalue weighted by molar-refractivity contribution is 6.60. The number of alkyl carbamates (subject to hydrolysis) is 1. The summed E-state index contributed by atoms with van der Waals surface area (Å²) in [5.41, 5.74) is 0.817. The number of aryl methyl sites for hydroxylation is 2. The van der Waals surface area contributed by atoms with Gasteiger partial charge in [0.25, 0.3) is 5.56 Å². The number of nitrogens with one attached hydrogen (secondary N) is 2. The van der Waals surface area contributed by atoms with Crippen molar-refractivity contribution in [3.05, 3.63) is 44.1 Å². The van der Waals surface area contributed by atoms with E-state index in [-0.39, 0.29) is 24.6 Å². The van der Waals surface area contributed by atoms with E-state index in [1.807, 2.05) is 34.6 Å². The van der Waals surface area contributed by atoms with Crippen molar-refractivity contribution in [3.63, 3.8) is 0 Å². The smallest absolute Gasteiger partial charge is 0.441 e.